The molecule has 36 heavy (non-hydrogen) atoms. The second kappa shape index (κ2) is 9.03. The van der Waals surface area contributed by atoms with Crippen LogP contribution in [0.1, 0.15) is 34.6 Å². The quantitative estimate of drug-likeness (QED) is 0.370. The first-order valence-corrected chi connectivity index (χ1v) is 12.8. The van der Waals surface area contributed by atoms with Gasteiger partial charge in [0, 0.05) is 30.9 Å². The Morgan fingerprint density at radius 3 is 2.86 bits per heavy atom. The van der Waals surface area contributed by atoms with Gasteiger partial charge in [-0.15, -0.1) is 11.3 Å². The SMILES string of the molecule is CN1CCCN(C(=O)c2ccc(-c3cc(=NC4CC4)n4nc/c(=C\c5[nH]c(=O)[nH]c5O)c4n3)s2)CC1. The van der Waals surface area contributed by atoms with Crippen LogP contribution in [0.2, 0.25) is 0 Å². The Kier molecular flexibility index (Phi) is 5.69. The van der Waals surface area contributed by atoms with E-state index in [-0.39, 0.29) is 23.5 Å². The fourth-order valence-electron chi connectivity index (χ4n) is 4.32. The number of carbonyl (C=O) groups excluding carboxylic acids is 1. The largest absolute Gasteiger partial charge is 0.493 e. The zero-order valence-electron chi connectivity index (χ0n) is 19.8. The highest BCUT2D eigenvalue weighted by Crippen LogP contribution is 2.28. The topological polar surface area (TPSA) is 135 Å². The molecule has 2 fully saturated rings. The van der Waals surface area contributed by atoms with Crippen molar-refractivity contribution in [2.75, 3.05) is 33.2 Å². The number of aromatic amines is 2. The summed E-state index contributed by atoms with van der Waals surface area (Å²) in [6.07, 6.45) is 6.30. The van der Waals surface area contributed by atoms with Gasteiger partial charge in [-0.1, -0.05) is 0 Å². The summed E-state index contributed by atoms with van der Waals surface area (Å²) in [5, 5.41) is 15.1. The third-order valence-electron chi connectivity index (χ3n) is 6.45. The standard InChI is InChI=1S/C24H26N8O3S/c1-30-7-2-8-31(10-9-30)23(34)19-6-5-18(36-19)16-12-20(26-15-3-4-15)32-21(27-16)14(13-25-32)11-17-22(33)29-24(35)28-17/h5-6,11-13,15,33H,2-4,7-10H2,1H3,(H2,28,29,35)/b14-11+,26-20?. The number of amides is 1. The molecule has 0 unspecified atom stereocenters. The third kappa shape index (κ3) is 4.44. The average Bonchev–Trinajstić information content (AvgIpc) is 3.30. The predicted octanol–water partition coefficient (Wildman–Crippen LogP) is 0.568. The molecule has 6 rings (SSSR count). The van der Waals surface area contributed by atoms with Gasteiger partial charge in [0.25, 0.3) is 5.91 Å². The molecule has 12 heteroatoms. The van der Waals surface area contributed by atoms with E-state index in [9.17, 15) is 14.7 Å². The van der Waals surface area contributed by atoms with Crippen molar-refractivity contribution in [2.24, 2.45) is 4.99 Å². The van der Waals surface area contributed by atoms with Gasteiger partial charge in [0.2, 0.25) is 5.88 Å². The van der Waals surface area contributed by atoms with Crippen molar-refractivity contribution in [3.63, 3.8) is 0 Å². The highest BCUT2D eigenvalue weighted by atomic mass is 32.1. The van der Waals surface area contributed by atoms with Crippen molar-refractivity contribution in [3.05, 3.63) is 56.2 Å². The van der Waals surface area contributed by atoms with Gasteiger partial charge in [-0.2, -0.15) is 9.61 Å². The maximum absolute atomic E-state index is 13.2. The molecule has 1 saturated heterocycles. The highest BCUT2D eigenvalue weighted by Gasteiger charge is 2.22. The van der Waals surface area contributed by atoms with Crippen LogP contribution in [0.5, 0.6) is 5.88 Å². The lowest BCUT2D eigenvalue weighted by molar-refractivity contribution is 0.0767. The van der Waals surface area contributed by atoms with E-state index in [0.29, 0.717) is 26.9 Å². The number of hydrogen-bond donors (Lipinski definition) is 3. The summed E-state index contributed by atoms with van der Waals surface area (Å²) in [6.45, 7) is 3.35. The lowest BCUT2D eigenvalue weighted by Gasteiger charge is -2.19. The maximum Gasteiger partial charge on any atom is 0.326 e. The van der Waals surface area contributed by atoms with Gasteiger partial charge < -0.3 is 19.9 Å². The molecular formula is C24H26N8O3S. The van der Waals surface area contributed by atoms with Crippen molar-refractivity contribution in [1.82, 2.24) is 34.4 Å². The molecule has 0 radical (unpaired) electrons. The molecule has 5 heterocycles. The van der Waals surface area contributed by atoms with E-state index in [0.717, 1.165) is 50.3 Å². The Morgan fingerprint density at radius 2 is 2.08 bits per heavy atom. The van der Waals surface area contributed by atoms with Crippen LogP contribution in [0.25, 0.3) is 22.3 Å². The van der Waals surface area contributed by atoms with Crippen LogP contribution in [0.4, 0.5) is 0 Å². The molecule has 11 nitrogen and oxygen atoms in total. The Labute approximate surface area is 209 Å². The van der Waals surface area contributed by atoms with Gasteiger partial charge in [0.1, 0.15) is 5.69 Å². The summed E-state index contributed by atoms with van der Waals surface area (Å²) in [6, 6.07) is 5.97. The van der Waals surface area contributed by atoms with E-state index in [2.05, 4.69) is 27.0 Å². The van der Waals surface area contributed by atoms with Crippen molar-refractivity contribution in [1.29, 1.82) is 0 Å². The van der Waals surface area contributed by atoms with Gasteiger partial charge in [-0.05, 0) is 51.1 Å². The molecule has 0 spiro atoms. The Hall–Kier alpha value is -3.77. The first-order chi connectivity index (χ1) is 17.4. The lowest BCUT2D eigenvalue weighted by Crippen LogP contribution is -2.34. The average molecular weight is 507 g/mol. The normalized spacial score (nSPS) is 18.3. The minimum Gasteiger partial charge on any atom is -0.493 e. The van der Waals surface area contributed by atoms with Crippen molar-refractivity contribution >= 4 is 29.0 Å². The predicted molar refractivity (Wildman–Crippen MR) is 135 cm³/mol. The first kappa shape index (κ1) is 22.7. The van der Waals surface area contributed by atoms with Crippen molar-refractivity contribution in [2.45, 2.75) is 25.3 Å². The summed E-state index contributed by atoms with van der Waals surface area (Å²) < 4.78 is 1.67. The van der Waals surface area contributed by atoms with Gasteiger partial charge >= 0.3 is 5.69 Å². The molecule has 4 aromatic heterocycles. The summed E-state index contributed by atoms with van der Waals surface area (Å²) in [7, 11) is 2.08. The third-order valence-corrected chi connectivity index (χ3v) is 7.55. The van der Waals surface area contributed by atoms with E-state index in [1.165, 1.54) is 11.3 Å². The molecule has 4 aromatic rings. The minimum absolute atomic E-state index is 0.0516. The number of imidazole rings is 1. The number of H-pyrrole nitrogens is 2. The lowest BCUT2D eigenvalue weighted by atomic mass is 10.3. The van der Waals surface area contributed by atoms with Gasteiger partial charge in [0.15, 0.2) is 11.1 Å². The van der Waals surface area contributed by atoms with Gasteiger partial charge in [0.05, 0.1) is 27.7 Å². The summed E-state index contributed by atoms with van der Waals surface area (Å²) >= 11 is 1.42. The number of nitrogens with one attached hydrogen (secondary N) is 2. The molecule has 0 aromatic carbocycles. The number of hydrogen-bond acceptors (Lipinski definition) is 8. The molecule has 0 atom stereocenters. The zero-order chi connectivity index (χ0) is 24.8. The summed E-state index contributed by atoms with van der Waals surface area (Å²) in [4.78, 5) is 45.0. The molecule has 0 bridgehead atoms. The number of nitrogens with zero attached hydrogens (tertiary/aromatic N) is 6. The number of aromatic hydroxyl groups is 1. The van der Waals surface area contributed by atoms with Crippen molar-refractivity contribution < 1.29 is 9.90 Å². The van der Waals surface area contributed by atoms with E-state index >= 15 is 0 Å². The zero-order valence-corrected chi connectivity index (χ0v) is 20.6. The van der Waals surface area contributed by atoms with E-state index < -0.39 is 5.69 Å². The number of aromatic nitrogens is 5. The van der Waals surface area contributed by atoms with Crippen LogP contribution in [-0.2, 0) is 0 Å². The Morgan fingerprint density at radius 1 is 1.22 bits per heavy atom. The minimum atomic E-state index is -0.500. The highest BCUT2D eigenvalue weighted by molar-refractivity contribution is 7.17. The fourth-order valence-corrected chi connectivity index (χ4v) is 5.25. The monoisotopic (exact) mass is 506 g/mol. The second-order valence-electron chi connectivity index (χ2n) is 9.29. The van der Waals surface area contributed by atoms with Crippen molar-refractivity contribution in [3.8, 4) is 16.5 Å². The fraction of sp³-hybridized carbons (Fsp3) is 0.375. The van der Waals surface area contributed by atoms with E-state index in [4.69, 9.17) is 9.98 Å². The molecular weight excluding hydrogens is 480 g/mol. The number of thiophene rings is 1. The van der Waals surface area contributed by atoms with Crippen LogP contribution in [-0.4, -0.2) is 84.6 Å². The first-order valence-electron chi connectivity index (χ1n) is 12.0. The number of likely N-dealkylation sites (N-methyl/N-ethyl adjacent to an activating group) is 1. The summed E-state index contributed by atoms with van der Waals surface area (Å²) in [5.41, 5.74) is 1.67. The molecule has 1 amide bonds. The molecule has 186 valence electrons. The van der Waals surface area contributed by atoms with E-state index in [1.807, 2.05) is 23.1 Å². The Balaban J connectivity index is 1.41. The molecule has 1 aliphatic carbocycles. The molecule has 3 N–H and O–H groups in total. The molecule has 1 saturated carbocycles. The van der Waals surface area contributed by atoms with Crippen LogP contribution >= 0.6 is 11.3 Å². The molecule has 2 aliphatic rings. The van der Waals surface area contributed by atoms with E-state index in [1.54, 1.807) is 16.8 Å². The second-order valence-corrected chi connectivity index (χ2v) is 10.4. The van der Waals surface area contributed by atoms with Crippen LogP contribution < -0.4 is 16.4 Å². The summed E-state index contributed by atoms with van der Waals surface area (Å²) in [5.74, 6) is -0.199. The van der Waals surface area contributed by atoms with Gasteiger partial charge in [-0.25, -0.2) is 9.78 Å². The van der Waals surface area contributed by atoms with Crippen LogP contribution in [0.3, 0.4) is 0 Å². The number of fused-ring (bicyclic) bond motifs is 1. The van der Waals surface area contributed by atoms with Crippen LogP contribution in [0.15, 0.2) is 34.2 Å². The van der Waals surface area contributed by atoms with Crippen LogP contribution in [0, 0.1) is 0 Å². The molecule has 1 aliphatic heterocycles. The number of rotatable bonds is 4. The number of carbonyl (C=O) groups is 1. The Bertz CT molecular complexity index is 1630. The smallest absolute Gasteiger partial charge is 0.326 e. The maximum atomic E-state index is 13.2. The van der Waals surface area contributed by atoms with Gasteiger partial charge in [-0.3, -0.25) is 14.8 Å².